The van der Waals surface area contributed by atoms with Crippen molar-refractivity contribution in [2.45, 2.75) is 0 Å². The summed E-state index contributed by atoms with van der Waals surface area (Å²) in [5.41, 5.74) is 1.39. The third-order valence-corrected chi connectivity index (χ3v) is 2.04. The van der Waals surface area contributed by atoms with Crippen LogP contribution in [0.1, 0.15) is 0 Å². The molecular weight excluding hydrogens is 193 g/mol. The molecule has 0 saturated heterocycles. The number of nitrogens with zero attached hydrogens (tertiary/aromatic N) is 2. The summed E-state index contributed by atoms with van der Waals surface area (Å²) in [6, 6.07) is 9.88. The van der Waals surface area contributed by atoms with Gasteiger partial charge < -0.3 is 5.32 Å². The Balaban J connectivity index is 2.37. The van der Waals surface area contributed by atoms with E-state index in [9.17, 15) is 4.39 Å². The van der Waals surface area contributed by atoms with Crippen molar-refractivity contribution in [1.82, 2.24) is 10.2 Å². The van der Waals surface area contributed by atoms with Gasteiger partial charge in [0.15, 0.2) is 0 Å². The Morgan fingerprint density at radius 2 is 2.00 bits per heavy atom. The van der Waals surface area contributed by atoms with Gasteiger partial charge in [-0.2, -0.15) is 0 Å². The van der Waals surface area contributed by atoms with Crippen LogP contribution in [0.3, 0.4) is 0 Å². The highest BCUT2D eigenvalue weighted by atomic mass is 19.1. The predicted molar refractivity (Wildman–Crippen MR) is 57.0 cm³/mol. The summed E-state index contributed by atoms with van der Waals surface area (Å²) in [6.45, 7) is 0. The molecule has 0 atom stereocenters. The first-order chi connectivity index (χ1) is 7.29. The van der Waals surface area contributed by atoms with Gasteiger partial charge in [-0.1, -0.05) is 12.1 Å². The van der Waals surface area contributed by atoms with E-state index in [-0.39, 0.29) is 5.82 Å². The van der Waals surface area contributed by atoms with Crippen molar-refractivity contribution in [2.75, 3.05) is 12.4 Å². The summed E-state index contributed by atoms with van der Waals surface area (Å²) >= 11 is 0. The van der Waals surface area contributed by atoms with Crippen LogP contribution >= 0.6 is 0 Å². The fourth-order valence-corrected chi connectivity index (χ4v) is 1.27. The molecule has 1 heterocycles. The minimum absolute atomic E-state index is 0.271. The van der Waals surface area contributed by atoms with E-state index in [1.54, 1.807) is 31.3 Å². The van der Waals surface area contributed by atoms with Crippen LogP contribution in [0.15, 0.2) is 36.4 Å². The first-order valence-corrected chi connectivity index (χ1v) is 4.57. The van der Waals surface area contributed by atoms with Crippen molar-refractivity contribution >= 4 is 5.82 Å². The van der Waals surface area contributed by atoms with Gasteiger partial charge in [0.05, 0.1) is 5.69 Å². The van der Waals surface area contributed by atoms with E-state index in [0.29, 0.717) is 11.5 Å². The molecule has 15 heavy (non-hydrogen) atoms. The maximum Gasteiger partial charge on any atom is 0.148 e. The SMILES string of the molecule is CNc1ccc(-c2cccc(F)c2)nn1. The Morgan fingerprint density at radius 1 is 1.13 bits per heavy atom. The van der Waals surface area contributed by atoms with Gasteiger partial charge in [0.25, 0.3) is 0 Å². The average molecular weight is 203 g/mol. The molecule has 1 N–H and O–H groups in total. The van der Waals surface area contributed by atoms with Crippen LogP contribution in [0.5, 0.6) is 0 Å². The molecule has 0 amide bonds. The monoisotopic (exact) mass is 203 g/mol. The Kier molecular flexibility index (Phi) is 2.58. The van der Waals surface area contributed by atoms with E-state index < -0.39 is 0 Å². The first kappa shape index (κ1) is 9.58. The minimum Gasteiger partial charge on any atom is -0.372 e. The maximum atomic E-state index is 12.9. The molecular formula is C11H10FN3. The summed E-state index contributed by atoms with van der Waals surface area (Å²) in [5.74, 6) is 0.419. The van der Waals surface area contributed by atoms with Gasteiger partial charge in [-0.15, -0.1) is 10.2 Å². The number of hydrogen-bond acceptors (Lipinski definition) is 3. The van der Waals surface area contributed by atoms with Gasteiger partial charge in [-0.3, -0.25) is 0 Å². The molecule has 0 bridgehead atoms. The average Bonchev–Trinajstić information content (AvgIpc) is 2.29. The van der Waals surface area contributed by atoms with Gasteiger partial charge in [-0.25, -0.2) is 4.39 Å². The van der Waals surface area contributed by atoms with Crippen LogP contribution in [0.2, 0.25) is 0 Å². The maximum absolute atomic E-state index is 12.9. The zero-order chi connectivity index (χ0) is 10.7. The fourth-order valence-electron chi connectivity index (χ4n) is 1.27. The highest BCUT2D eigenvalue weighted by Crippen LogP contribution is 2.17. The number of halogens is 1. The lowest BCUT2D eigenvalue weighted by Gasteiger charge is -2.01. The molecule has 0 aliphatic carbocycles. The highest BCUT2D eigenvalue weighted by Gasteiger charge is 2.01. The molecule has 4 heteroatoms. The van der Waals surface area contributed by atoms with Crippen LogP contribution in [-0.4, -0.2) is 17.2 Å². The van der Waals surface area contributed by atoms with Crippen LogP contribution in [0, 0.1) is 5.82 Å². The van der Waals surface area contributed by atoms with E-state index in [4.69, 9.17) is 0 Å². The number of aromatic nitrogens is 2. The fraction of sp³-hybridized carbons (Fsp3) is 0.0909. The summed E-state index contributed by atoms with van der Waals surface area (Å²) in [6.07, 6.45) is 0. The summed E-state index contributed by atoms with van der Waals surface area (Å²) in [4.78, 5) is 0. The van der Waals surface area contributed by atoms with Gasteiger partial charge in [0.1, 0.15) is 11.6 Å². The standard InChI is InChI=1S/C11H10FN3/c1-13-11-6-5-10(14-15-11)8-3-2-4-9(12)7-8/h2-7H,1H3,(H,13,15). The largest absolute Gasteiger partial charge is 0.372 e. The molecule has 1 aromatic heterocycles. The van der Waals surface area contributed by atoms with E-state index in [1.165, 1.54) is 12.1 Å². The summed E-state index contributed by atoms with van der Waals surface area (Å²) < 4.78 is 12.9. The second kappa shape index (κ2) is 4.04. The summed E-state index contributed by atoms with van der Waals surface area (Å²) in [7, 11) is 1.77. The van der Waals surface area contributed by atoms with Crippen molar-refractivity contribution < 1.29 is 4.39 Å². The third-order valence-electron chi connectivity index (χ3n) is 2.04. The molecule has 0 spiro atoms. The van der Waals surface area contributed by atoms with Crippen LogP contribution in [0.4, 0.5) is 10.2 Å². The zero-order valence-corrected chi connectivity index (χ0v) is 8.24. The number of benzene rings is 1. The first-order valence-electron chi connectivity index (χ1n) is 4.57. The molecule has 0 aliphatic heterocycles. The molecule has 2 rings (SSSR count). The minimum atomic E-state index is -0.271. The van der Waals surface area contributed by atoms with Gasteiger partial charge >= 0.3 is 0 Å². The van der Waals surface area contributed by atoms with Crippen LogP contribution in [0.25, 0.3) is 11.3 Å². The topological polar surface area (TPSA) is 37.8 Å². The van der Waals surface area contributed by atoms with Crippen molar-refractivity contribution in [1.29, 1.82) is 0 Å². The quantitative estimate of drug-likeness (QED) is 0.813. The lowest BCUT2D eigenvalue weighted by molar-refractivity contribution is 0.628. The predicted octanol–water partition coefficient (Wildman–Crippen LogP) is 2.32. The molecule has 0 fully saturated rings. The van der Waals surface area contributed by atoms with Crippen molar-refractivity contribution in [2.24, 2.45) is 0 Å². The number of rotatable bonds is 2. The third kappa shape index (κ3) is 2.10. The molecule has 0 aliphatic rings. The van der Waals surface area contributed by atoms with Gasteiger partial charge in [-0.05, 0) is 24.3 Å². The summed E-state index contributed by atoms with van der Waals surface area (Å²) in [5, 5.41) is 10.8. The van der Waals surface area contributed by atoms with E-state index in [0.717, 1.165) is 5.56 Å². The highest BCUT2D eigenvalue weighted by molar-refractivity contribution is 5.59. The number of nitrogens with one attached hydrogen (secondary N) is 1. The van der Waals surface area contributed by atoms with Gasteiger partial charge in [0, 0.05) is 12.6 Å². The van der Waals surface area contributed by atoms with Gasteiger partial charge in [0.2, 0.25) is 0 Å². The van der Waals surface area contributed by atoms with E-state index in [1.807, 2.05) is 0 Å². The number of hydrogen-bond donors (Lipinski definition) is 1. The second-order valence-corrected chi connectivity index (χ2v) is 3.06. The molecule has 0 radical (unpaired) electrons. The Hall–Kier alpha value is -1.97. The Morgan fingerprint density at radius 3 is 2.60 bits per heavy atom. The molecule has 0 saturated carbocycles. The molecule has 0 unspecified atom stereocenters. The lowest BCUT2D eigenvalue weighted by Crippen LogP contribution is -1.95. The van der Waals surface area contributed by atoms with Crippen LogP contribution in [-0.2, 0) is 0 Å². The Bertz CT molecular complexity index is 454. The van der Waals surface area contributed by atoms with Crippen molar-refractivity contribution in [3.05, 3.63) is 42.2 Å². The van der Waals surface area contributed by atoms with Crippen molar-refractivity contribution in [3.8, 4) is 11.3 Å². The van der Waals surface area contributed by atoms with Crippen molar-refractivity contribution in [3.63, 3.8) is 0 Å². The van der Waals surface area contributed by atoms with E-state index >= 15 is 0 Å². The lowest BCUT2D eigenvalue weighted by atomic mass is 10.1. The second-order valence-electron chi connectivity index (χ2n) is 3.06. The Labute approximate surface area is 87.0 Å². The van der Waals surface area contributed by atoms with E-state index in [2.05, 4.69) is 15.5 Å². The smallest absolute Gasteiger partial charge is 0.148 e. The molecule has 76 valence electrons. The zero-order valence-electron chi connectivity index (χ0n) is 8.24. The molecule has 2 aromatic rings. The normalized spacial score (nSPS) is 10.0. The van der Waals surface area contributed by atoms with Crippen LogP contribution < -0.4 is 5.32 Å². The molecule has 3 nitrogen and oxygen atoms in total. The molecule has 1 aromatic carbocycles. The number of anilines is 1.